The number of hydrazone groups is 1. The standard InChI is InChI=1S/C13H10BrF3N4O/c1-21-7-10(14)11(20-21)12(22)19-18-6-8-4-2-3-5-9(8)13(15,16)17/h2-7H,1H3,(H,19,22). The molecule has 0 saturated carbocycles. The summed E-state index contributed by atoms with van der Waals surface area (Å²) in [5, 5.41) is 7.44. The van der Waals surface area contributed by atoms with E-state index in [-0.39, 0.29) is 11.3 Å². The quantitative estimate of drug-likeness (QED) is 0.663. The average molecular weight is 375 g/mol. The number of carbonyl (C=O) groups is 1. The third-order valence-corrected chi connectivity index (χ3v) is 3.22. The van der Waals surface area contributed by atoms with Crippen LogP contribution in [0.5, 0.6) is 0 Å². The molecule has 116 valence electrons. The van der Waals surface area contributed by atoms with Crippen molar-refractivity contribution in [3.8, 4) is 0 Å². The first-order chi connectivity index (χ1) is 10.3. The van der Waals surface area contributed by atoms with Crippen LogP contribution in [-0.4, -0.2) is 21.9 Å². The second kappa shape index (κ2) is 6.30. The number of amides is 1. The lowest BCUT2D eigenvalue weighted by molar-refractivity contribution is -0.137. The van der Waals surface area contributed by atoms with Gasteiger partial charge in [0.25, 0.3) is 5.91 Å². The van der Waals surface area contributed by atoms with Gasteiger partial charge < -0.3 is 0 Å². The van der Waals surface area contributed by atoms with E-state index < -0.39 is 17.6 Å². The number of aryl methyl sites for hydroxylation is 1. The predicted octanol–water partition coefficient (Wildman–Crippen LogP) is 2.97. The maximum absolute atomic E-state index is 12.8. The van der Waals surface area contributed by atoms with Crippen LogP contribution in [0.3, 0.4) is 0 Å². The molecule has 0 radical (unpaired) electrons. The summed E-state index contributed by atoms with van der Waals surface area (Å²) >= 11 is 3.15. The van der Waals surface area contributed by atoms with Crippen molar-refractivity contribution in [2.24, 2.45) is 12.1 Å². The van der Waals surface area contributed by atoms with E-state index in [1.807, 2.05) is 0 Å². The number of benzene rings is 1. The number of nitrogens with zero attached hydrogens (tertiary/aromatic N) is 3. The van der Waals surface area contributed by atoms with Gasteiger partial charge in [-0.05, 0) is 22.0 Å². The highest BCUT2D eigenvalue weighted by Gasteiger charge is 2.32. The molecule has 2 aromatic rings. The largest absolute Gasteiger partial charge is 0.417 e. The van der Waals surface area contributed by atoms with Crippen molar-refractivity contribution in [2.45, 2.75) is 6.18 Å². The lowest BCUT2D eigenvalue weighted by Crippen LogP contribution is -2.19. The molecule has 5 nitrogen and oxygen atoms in total. The molecule has 0 bridgehead atoms. The first-order valence-corrected chi connectivity index (χ1v) is 6.77. The average Bonchev–Trinajstić information content (AvgIpc) is 2.77. The summed E-state index contributed by atoms with van der Waals surface area (Å²) in [5.41, 5.74) is 1.25. The van der Waals surface area contributed by atoms with Gasteiger partial charge >= 0.3 is 6.18 Å². The molecule has 0 saturated heterocycles. The molecule has 0 atom stereocenters. The van der Waals surface area contributed by atoms with Crippen LogP contribution in [-0.2, 0) is 13.2 Å². The highest BCUT2D eigenvalue weighted by molar-refractivity contribution is 9.10. The fourth-order valence-corrected chi connectivity index (χ4v) is 2.25. The first-order valence-electron chi connectivity index (χ1n) is 5.98. The van der Waals surface area contributed by atoms with Crippen molar-refractivity contribution < 1.29 is 18.0 Å². The molecule has 0 aliphatic rings. The topological polar surface area (TPSA) is 59.3 Å². The Morgan fingerprint density at radius 1 is 1.41 bits per heavy atom. The van der Waals surface area contributed by atoms with Gasteiger partial charge in [0, 0.05) is 18.8 Å². The van der Waals surface area contributed by atoms with Crippen molar-refractivity contribution in [1.29, 1.82) is 0 Å². The third-order valence-electron chi connectivity index (χ3n) is 2.64. The first kappa shape index (κ1) is 16.2. The van der Waals surface area contributed by atoms with E-state index in [1.165, 1.54) is 22.9 Å². The monoisotopic (exact) mass is 374 g/mol. The van der Waals surface area contributed by atoms with Gasteiger partial charge in [-0.2, -0.15) is 23.4 Å². The van der Waals surface area contributed by atoms with E-state index in [0.29, 0.717) is 4.47 Å². The van der Waals surface area contributed by atoms with Gasteiger partial charge in [-0.15, -0.1) is 0 Å². The van der Waals surface area contributed by atoms with Crippen LogP contribution in [0, 0.1) is 0 Å². The number of carbonyl (C=O) groups excluding carboxylic acids is 1. The molecule has 1 N–H and O–H groups in total. The molecule has 9 heteroatoms. The fourth-order valence-electron chi connectivity index (χ4n) is 1.69. The van der Waals surface area contributed by atoms with E-state index >= 15 is 0 Å². The summed E-state index contributed by atoms with van der Waals surface area (Å²) in [6.45, 7) is 0. The Hall–Kier alpha value is -2.16. The number of aromatic nitrogens is 2. The Bertz CT molecular complexity index is 724. The highest BCUT2D eigenvalue weighted by Crippen LogP contribution is 2.31. The maximum Gasteiger partial charge on any atom is 0.417 e. The molecule has 0 unspecified atom stereocenters. The van der Waals surface area contributed by atoms with E-state index in [4.69, 9.17) is 0 Å². The second-order valence-electron chi connectivity index (χ2n) is 4.28. The molecule has 0 aliphatic carbocycles. The molecule has 1 heterocycles. The summed E-state index contributed by atoms with van der Waals surface area (Å²) in [4.78, 5) is 11.8. The Balaban J connectivity index is 2.14. The lowest BCUT2D eigenvalue weighted by atomic mass is 10.1. The van der Waals surface area contributed by atoms with Gasteiger partial charge in [-0.1, -0.05) is 18.2 Å². The minimum absolute atomic E-state index is 0.0868. The number of rotatable bonds is 3. The van der Waals surface area contributed by atoms with Gasteiger partial charge in [0.2, 0.25) is 0 Å². The van der Waals surface area contributed by atoms with Crippen LogP contribution in [0.1, 0.15) is 21.6 Å². The molecule has 0 fully saturated rings. The number of hydrogen-bond donors (Lipinski definition) is 1. The second-order valence-corrected chi connectivity index (χ2v) is 5.14. The van der Waals surface area contributed by atoms with Gasteiger partial charge in [0.15, 0.2) is 5.69 Å². The SMILES string of the molecule is Cn1cc(Br)c(C(=O)NN=Cc2ccccc2C(F)(F)F)n1. The lowest BCUT2D eigenvalue weighted by Gasteiger charge is -2.09. The van der Waals surface area contributed by atoms with E-state index in [0.717, 1.165) is 12.3 Å². The van der Waals surface area contributed by atoms with Gasteiger partial charge in [-0.3, -0.25) is 9.48 Å². The van der Waals surface area contributed by atoms with Crippen LogP contribution in [0.2, 0.25) is 0 Å². The Kier molecular flexibility index (Phi) is 4.65. The molecule has 1 aromatic carbocycles. The molecule has 2 rings (SSSR count). The highest BCUT2D eigenvalue weighted by atomic mass is 79.9. The van der Waals surface area contributed by atoms with Crippen LogP contribution < -0.4 is 5.43 Å². The van der Waals surface area contributed by atoms with Crippen LogP contribution >= 0.6 is 15.9 Å². The molecule has 0 spiro atoms. The van der Waals surface area contributed by atoms with Gasteiger partial charge in [-0.25, -0.2) is 5.43 Å². The van der Waals surface area contributed by atoms with E-state index in [9.17, 15) is 18.0 Å². The zero-order valence-corrected chi connectivity index (χ0v) is 12.8. The number of alkyl halides is 3. The summed E-state index contributed by atoms with van der Waals surface area (Å²) in [7, 11) is 1.63. The van der Waals surface area contributed by atoms with Crippen molar-refractivity contribution in [1.82, 2.24) is 15.2 Å². The summed E-state index contributed by atoms with van der Waals surface area (Å²) in [6.07, 6.45) is -1.98. The minimum Gasteiger partial charge on any atom is -0.274 e. The summed E-state index contributed by atoms with van der Waals surface area (Å²) in [5.74, 6) is -0.631. The molecule has 1 amide bonds. The predicted molar refractivity (Wildman–Crippen MR) is 77.4 cm³/mol. The number of hydrogen-bond acceptors (Lipinski definition) is 3. The van der Waals surface area contributed by atoms with Crippen molar-refractivity contribution >= 4 is 28.1 Å². The number of halogens is 4. The van der Waals surface area contributed by atoms with Crippen LogP contribution in [0.25, 0.3) is 0 Å². The summed E-state index contributed by atoms with van der Waals surface area (Å²) < 4.78 is 40.2. The fraction of sp³-hybridized carbons (Fsp3) is 0.154. The van der Waals surface area contributed by atoms with E-state index in [1.54, 1.807) is 13.2 Å². The van der Waals surface area contributed by atoms with Crippen LogP contribution in [0.4, 0.5) is 13.2 Å². The molecule has 1 aromatic heterocycles. The Labute approximate surface area is 131 Å². The zero-order valence-electron chi connectivity index (χ0n) is 11.2. The molecule has 0 aliphatic heterocycles. The van der Waals surface area contributed by atoms with Crippen molar-refractivity contribution in [2.75, 3.05) is 0 Å². The van der Waals surface area contributed by atoms with Crippen molar-refractivity contribution in [3.63, 3.8) is 0 Å². The van der Waals surface area contributed by atoms with E-state index in [2.05, 4.69) is 31.6 Å². The molecule has 22 heavy (non-hydrogen) atoms. The Morgan fingerprint density at radius 3 is 2.68 bits per heavy atom. The van der Waals surface area contributed by atoms with Crippen LogP contribution in [0.15, 0.2) is 40.0 Å². The van der Waals surface area contributed by atoms with Gasteiger partial charge in [0.05, 0.1) is 16.3 Å². The zero-order chi connectivity index (χ0) is 16.3. The van der Waals surface area contributed by atoms with Gasteiger partial charge in [0.1, 0.15) is 0 Å². The Morgan fingerprint density at radius 2 is 2.09 bits per heavy atom. The molecular weight excluding hydrogens is 365 g/mol. The number of nitrogens with one attached hydrogen (secondary N) is 1. The van der Waals surface area contributed by atoms with Crippen molar-refractivity contribution in [3.05, 3.63) is 51.8 Å². The minimum atomic E-state index is -4.49. The third kappa shape index (κ3) is 3.73. The maximum atomic E-state index is 12.8. The smallest absolute Gasteiger partial charge is 0.274 e. The molecular formula is C13H10BrF3N4O. The normalized spacial score (nSPS) is 11.9. The summed E-state index contributed by atoms with van der Waals surface area (Å²) in [6, 6.07) is 4.94.